The summed E-state index contributed by atoms with van der Waals surface area (Å²) < 4.78 is 61.4. The van der Waals surface area contributed by atoms with Gasteiger partial charge in [0.2, 0.25) is 5.82 Å². The number of halogens is 4. The van der Waals surface area contributed by atoms with Crippen molar-refractivity contribution in [2.45, 2.75) is 19.8 Å². The first-order chi connectivity index (χ1) is 11.5. The summed E-state index contributed by atoms with van der Waals surface area (Å²) in [5.41, 5.74) is -0.555. The molecule has 0 saturated heterocycles. The summed E-state index contributed by atoms with van der Waals surface area (Å²) in [4.78, 5) is 0. The van der Waals surface area contributed by atoms with Crippen LogP contribution >= 0.6 is 0 Å². The van der Waals surface area contributed by atoms with Gasteiger partial charge in [-0.15, -0.1) is 6.58 Å². The van der Waals surface area contributed by atoms with E-state index in [1.807, 2.05) is 0 Å². The van der Waals surface area contributed by atoms with Crippen molar-refractivity contribution in [3.63, 3.8) is 0 Å². The fourth-order valence-corrected chi connectivity index (χ4v) is 2.22. The third-order valence-corrected chi connectivity index (χ3v) is 3.45. The van der Waals surface area contributed by atoms with Crippen molar-refractivity contribution in [2.75, 3.05) is 0 Å². The van der Waals surface area contributed by atoms with Crippen molar-refractivity contribution in [3.05, 3.63) is 78.1 Å². The highest BCUT2D eigenvalue weighted by molar-refractivity contribution is 5.66. The van der Waals surface area contributed by atoms with E-state index in [4.69, 9.17) is 4.74 Å². The molecule has 5 heteroatoms. The van der Waals surface area contributed by atoms with Gasteiger partial charge in [0.25, 0.3) is 0 Å². The second-order valence-corrected chi connectivity index (χ2v) is 5.05. The molecule has 0 spiro atoms. The van der Waals surface area contributed by atoms with Gasteiger partial charge in [0.1, 0.15) is 0 Å². The number of rotatable bonds is 6. The third kappa shape index (κ3) is 3.50. The van der Waals surface area contributed by atoms with Gasteiger partial charge in [-0.05, 0) is 37.5 Å². The Bertz CT molecular complexity index is 781. The highest BCUT2D eigenvalue weighted by Gasteiger charge is 2.21. The van der Waals surface area contributed by atoms with Crippen molar-refractivity contribution in [1.82, 2.24) is 0 Å². The molecule has 0 aliphatic carbocycles. The van der Waals surface area contributed by atoms with Crippen molar-refractivity contribution < 1.29 is 22.3 Å². The molecule has 0 heterocycles. The standard InChI is InChI=1S/C19H16F4O/c1-3-5-6-12-7-8-13(17(21)16(12)20)14-9-10-15(24-11-4-2)19(23)18(14)22/h3-4,7-11H,1,5-6H2,2H3/b11-4+. The molecular weight excluding hydrogens is 320 g/mol. The van der Waals surface area contributed by atoms with E-state index in [0.29, 0.717) is 6.42 Å². The molecule has 0 saturated carbocycles. The maximum absolute atomic E-state index is 14.3. The third-order valence-electron chi connectivity index (χ3n) is 3.45. The largest absolute Gasteiger partial charge is 0.462 e. The summed E-state index contributed by atoms with van der Waals surface area (Å²) in [6.07, 6.45) is 5.04. The minimum atomic E-state index is -1.30. The second-order valence-electron chi connectivity index (χ2n) is 5.05. The number of ether oxygens (including phenoxy) is 1. The number of aryl methyl sites for hydroxylation is 1. The molecule has 2 aromatic rings. The summed E-state index contributed by atoms with van der Waals surface area (Å²) in [5, 5.41) is 0. The average molecular weight is 336 g/mol. The van der Waals surface area contributed by atoms with Crippen LogP contribution in [0, 0.1) is 23.3 Å². The van der Waals surface area contributed by atoms with E-state index in [-0.39, 0.29) is 28.9 Å². The van der Waals surface area contributed by atoms with Gasteiger partial charge in [-0.3, -0.25) is 0 Å². The van der Waals surface area contributed by atoms with Crippen LogP contribution in [0.5, 0.6) is 5.75 Å². The maximum Gasteiger partial charge on any atom is 0.201 e. The fraction of sp³-hybridized carbons (Fsp3) is 0.158. The van der Waals surface area contributed by atoms with E-state index in [9.17, 15) is 17.6 Å². The van der Waals surface area contributed by atoms with Crippen LogP contribution in [0.3, 0.4) is 0 Å². The molecule has 24 heavy (non-hydrogen) atoms. The molecule has 0 fully saturated rings. The SMILES string of the molecule is C=CCCc1ccc(-c2ccc(O/C=C/C)c(F)c2F)c(F)c1F. The monoisotopic (exact) mass is 336 g/mol. The first-order valence-corrected chi connectivity index (χ1v) is 7.35. The predicted octanol–water partition coefficient (Wildman–Crippen LogP) is 5.94. The Morgan fingerprint density at radius 3 is 2.17 bits per heavy atom. The highest BCUT2D eigenvalue weighted by atomic mass is 19.2. The summed E-state index contributed by atoms with van der Waals surface area (Å²) in [5.74, 6) is -5.17. The number of hydrogen-bond acceptors (Lipinski definition) is 1. The Labute approximate surface area is 137 Å². The zero-order chi connectivity index (χ0) is 17.7. The van der Waals surface area contributed by atoms with E-state index in [2.05, 4.69) is 6.58 Å². The van der Waals surface area contributed by atoms with Gasteiger partial charge in [0.15, 0.2) is 23.2 Å². The molecule has 2 rings (SSSR count). The van der Waals surface area contributed by atoms with E-state index in [1.54, 1.807) is 13.0 Å². The Hall–Kier alpha value is -2.56. The van der Waals surface area contributed by atoms with Crippen LogP contribution < -0.4 is 4.74 Å². The lowest BCUT2D eigenvalue weighted by Crippen LogP contribution is -2.00. The first kappa shape index (κ1) is 17.8. The van der Waals surface area contributed by atoms with Crippen molar-refractivity contribution in [3.8, 4) is 16.9 Å². The molecule has 0 aliphatic heterocycles. The van der Waals surface area contributed by atoms with Crippen molar-refractivity contribution in [1.29, 1.82) is 0 Å². The molecule has 126 valence electrons. The van der Waals surface area contributed by atoms with Crippen LogP contribution in [0.15, 0.2) is 49.3 Å². The molecule has 0 aromatic heterocycles. The average Bonchev–Trinajstić information content (AvgIpc) is 2.58. The normalized spacial score (nSPS) is 11.0. The van der Waals surface area contributed by atoms with E-state index < -0.39 is 23.3 Å². The summed E-state index contributed by atoms with van der Waals surface area (Å²) in [6, 6.07) is 4.91. The topological polar surface area (TPSA) is 9.23 Å². The zero-order valence-corrected chi connectivity index (χ0v) is 13.1. The quantitative estimate of drug-likeness (QED) is 0.360. The second kappa shape index (κ2) is 7.81. The van der Waals surface area contributed by atoms with E-state index in [1.165, 1.54) is 24.5 Å². The van der Waals surface area contributed by atoms with Gasteiger partial charge < -0.3 is 4.74 Å². The highest BCUT2D eigenvalue weighted by Crippen LogP contribution is 2.33. The molecular formula is C19H16F4O. The summed E-state index contributed by atoms with van der Waals surface area (Å²) in [6.45, 7) is 5.17. The number of allylic oxidation sites excluding steroid dienone is 2. The van der Waals surface area contributed by atoms with Crippen molar-refractivity contribution >= 4 is 0 Å². The molecule has 0 unspecified atom stereocenters. The van der Waals surface area contributed by atoms with E-state index >= 15 is 0 Å². The summed E-state index contributed by atoms with van der Waals surface area (Å²) >= 11 is 0. The minimum absolute atomic E-state index is 0.157. The van der Waals surface area contributed by atoms with Crippen LogP contribution in [0.1, 0.15) is 18.9 Å². The molecule has 2 aromatic carbocycles. The zero-order valence-electron chi connectivity index (χ0n) is 13.1. The molecule has 0 aliphatic rings. The van der Waals surface area contributed by atoms with Crippen molar-refractivity contribution in [2.24, 2.45) is 0 Å². The molecule has 0 amide bonds. The van der Waals surface area contributed by atoms with Gasteiger partial charge in [0.05, 0.1) is 6.26 Å². The Morgan fingerprint density at radius 2 is 1.54 bits per heavy atom. The van der Waals surface area contributed by atoms with E-state index in [0.717, 1.165) is 12.1 Å². The number of benzene rings is 2. The number of hydrogen-bond donors (Lipinski definition) is 0. The van der Waals surface area contributed by atoms with Gasteiger partial charge >= 0.3 is 0 Å². The lowest BCUT2D eigenvalue weighted by molar-refractivity contribution is 0.415. The Morgan fingerprint density at radius 1 is 0.917 bits per heavy atom. The lowest BCUT2D eigenvalue weighted by Gasteiger charge is -2.11. The molecule has 0 radical (unpaired) electrons. The van der Waals surface area contributed by atoms with Gasteiger partial charge in [-0.25, -0.2) is 13.2 Å². The predicted molar refractivity (Wildman–Crippen MR) is 85.7 cm³/mol. The Kier molecular flexibility index (Phi) is 5.79. The van der Waals surface area contributed by atoms with Crippen LogP contribution in [-0.2, 0) is 6.42 Å². The van der Waals surface area contributed by atoms with Crippen LogP contribution in [-0.4, -0.2) is 0 Å². The van der Waals surface area contributed by atoms with Crippen LogP contribution in [0.25, 0.3) is 11.1 Å². The first-order valence-electron chi connectivity index (χ1n) is 7.35. The van der Waals surface area contributed by atoms with Gasteiger partial charge in [-0.2, -0.15) is 4.39 Å². The molecule has 1 nitrogen and oxygen atoms in total. The maximum atomic E-state index is 14.3. The van der Waals surface area contributed by atoms with Gasteiger partial charge in [0, 0.05) is 11.1 Å². The molecule has 0 atom stereocenters. The smallest absolute Gasteiger partial charge is 0.201 e. The lowest BCUT2D eigenvalue weighted by atomic mass is 9.99. The summed E-state index contributed by atoms with van der Waals surface area (Å²) in [7, 11) is 0. The Balaban J connectivity index is 2.47. The minimum Gasteiger partial charge on any atom is -0.462 e. The molecule has 0 N–H and O–H groups in total. The van der Waals surface area contributed by atoms with Crippen LogP contribution in [0.4, 0.5) is 17.6 Å². The molecule has 0 bridgehead atoms. The fourth-order valence-electron chi connectivity index (χ4n) is 2.22. The van der Waals surface area contributed by atoms with Gasteiger partial charge in [-0.1, -0.05) is 24.3 Å². The van der Waals surface area contributed by atoms with Crippen LogP contribution in [0.2, 0.25) is 0 Å².